The van der Waals surface area contributed by atoms with Crippen LogP contribution < -0.4 is 16.0 Å². The SMILES string of the molecule is CCNc1cc(C(F)(F)F)ncc1NC(=O)[C@@H](C)NC(=O)OC(C)(C)C. The Bertz CT molecular complexity index is 657. The maximum Gasteiger partial charge on any atom is 0.433 e. The molecule has 2 amide bonds. The number of nitrogens with zero attached hydrogens (tertiary/aromatic N) is 1. The van der Waals surface area contributed by atoms with E-state index in [2.05, 4.69) is 20.9 Å². The smallest absolute Gasteiger partial charge is 0.433 e. The van der Waals surface area contributed by atoms with E-state index in [4.69, 9.17) is 4.74 Å². The fraction of sp³-hybridized carbons (Fsp3) is 0.562. The lowest BCUT2D eigenvalue weighted by molar-refractivity contribution is -0.141. The molecule has 0 bridgehead atoms. The molecule has 0 aliphatic heterocycles. The number of alkyl halides is 3. The Kier molecular flexibility index (Phi) is 6.82. The van der Waals surface area contributed by atoms with Crippen molar-refractivity contribution in [2.45, 2.75) is 52.4 Å². The molecule has 0 aliphatic carbocycles. The van der Waals surface area contributed by atoms with Gasteiger partial charge in [0.05, 0.1) is 17.6 Å². The number of aromatic nitrogens is 1. The Morgan fingerprint density at radius 3 is 2.35 bits per heavy atom. The maximum atomic E-state index is 12.8. The molecule has 1 rings (SSSR count). The van der Waals surface area contributed by atoms with Gasteiger partial charge in [0.15, 0.2) is 0 Å². The molecule has 0 unspecified atom stereocenters. The molecule has 10 heteroatoms. The van der Waals surface area contributed by atoms with Crippen LogP contribution in [0.3, 0.4) is 0 Å². The van der Waals surface area contributed by atoms with Crippen LogP contribution in [0.15, 0.2) is 12.3 Å². The maximum absolute atomic E-state index is 12.8. The number of alkyl carbamates (subject to hydrolysis) is 1. The third kappa shape index (κ3) is 6.77. The molecule has 0 fully saturated rings. The Morgan fingerprint density at radius 1 is 1.23 bits per heavy atom. The first-order chi connectivity index (χ1) is 11.8. The van der Waals surface area contributed by atoms with Crippen molar-refractivity contribution in [1.29, 1.82) is 0 Å². The molecule has 0 radical (unpaired) electrons. The van der Waals surface area contributed by atoms with Gasteiger partial charge in [0, 0.05) is 6.54 Å². The van der Waals surface area contributed by atoms with Gasteiger partial charge < -0.3 is 20.7 Å². The quantitative estimate of drug-likeness (QED) is 0.733. The number of anilines is 2. The first kappa shape index (κ1) is 21.5. The van der Waals surface area contributed by atoms with Crippen LogP contribution in [0.5, 0.6) is 0 Å². The normalized spacial score (nSPS) is 12.9. The molecule has 1 atom stereocenters. The predicted molar refractivity (Wildman–Crippen MR) is 90.9 cm³/mol. The van der Waals surface area contributed by atoms with Crippen LogP contribution in [0.25, 0.3) is 0 Å². The fourth-order valence-electron chi connectivity index (χ4n) is 1.84. The minimum atomic E-state index is -4.60. The lowest BCUT2D eigenvalue weighted by Gasteiger charge is -2.22. The highest BCUT2D eigenvalue weighted by Crippen LogP contribution is 2.32. The van der Waals surface area contributed by atoms with Crippen molar-refractivity contribution in [2.75, 3.05) is 17.2 Å². The van der Waals surface area contributed by atoms with E-state index < -0.39 is 35.5 Å². The van der Waals surface area contributed by atoms with Crippen molar-refractivity contribution in [1.82, 2.24) is 10.3 Å². The lowest BCUT2D eigenvalue weighted by atomic mass is 10.2. The van der Waals surface area contributed by atoms with Gasteiger partial charge in [-0.2, -0.15) is 13.2 Å². The van der Waals surface area contributed by atoms with Gasteiger partial charge in [-0.3, -0.25) is 4.79 Å². The summed E-state index contributed by atoms with van der Waals surface area (Å²) in [6.07, 6.45) is -4.46. The number of carbonyl (C=O) groups excluding carboxylic acids is 2. The first-order valence-corrected chi connectivity index (χ1v) is 7.95. The molecule has 146 valence electrons. The van der Waals surface area contributed by atoms with Gasteiger partial charge >= 0.3 is 12.3 Å². The molecule has 0 saturated carbocycles. The third-order valence-corrected chi connectivity index (χ3v) is 2.95. The van der Waals surface area contributed by atoms with Crippen molar-refractivity contribution < 1.29 is 27.5 Å². The van der Waals surface area contributed by atoms with Crippen molar-refractivity contribution >= 4 is 23.4 Å². The Labute approximate surface area is 149 Å². The van der Waals surface area contributed by atoms with Gasteiger partial charge in [-0.05, 0) is 40.7 Å². The van der Waals surface area contributed by atoms with E-state index in [1.807, 2.05) is 0 Å². The molecule has 0 aliphatic rings. The number of pyridine rings is 1. The van der Waals surface area contributed by atoms with E-state index in [9.17, 15) is 22.8 Å². The zero-order valence-corrected chi connectivity index (χ0v) is 15.2. The van der Waals surface area contributed by atoms with Crippen LogP contribution in [-0.2, 0) is 15.7 Å². The zero-order chi connectivity index (χ0) is 20.1. The molecule has 7 nitrogen and oxygen atoms in total. The fourth-order valence-corrected chi connectivity index (χ4v) is 1.84. The summed E-state index contributed by atoms with van der Waals surface area (Å²) in [5.74, 6) is -0.628. The summed E-state index contributed by atoms with van der Waals surface area (Å²) in [6.45, 7) is 8.49. The van der Waals surface area contributed by atoms with Crippen LogP contribution in [0, 0.1) is 0 Å². The highest BCUT2D eigenvalue weighted by Gasteiger charge is 2.33. The van der Waals surface area contributed by atoms with E-state index >= 15 is 0 Å². The van der Waals surface area contributed by atoms with Crippen LogP contribution in [0.4, 0.5) is 29.3 Å². The Balaban J connectivity index is 2.86. The summed E-state index contributed by atoms with van der Waals surface area (Å²) in [6, 6.07) is -0.160. The average molecular weight is 376 g/mol. The Morgan fingerprint density at radius 2 is 1.85 bits per heavy atom. The monoisotopic (exact) mass is 376 g/mol. The molecule has 1 heterocycles. The van der Waals surface area contributed by atoms with Gasteiger partial charge in [-0.1, -0.05) is 0 Å². The highest BCUT2D eigenvalue weighted by atomic mass is 19.4. The number of amides is 2. The van der Waals surface area contributed by atoms with Crippen molar-refractivity contribution in [2.24, 2.45) is 0 Å². The second-order valence-electron chi connectivity index (χ2n) is 6.50. The van der Waals surface area contributed by atoms with Crippen LogP contribution >= 0.6 is 0 Å². The molecule has 0 spiro atoms. The molecular weight excluding hydrogens is 353 g/mol. The van der Waals surface area contributed by atoms with E-state index in [1.54, 1.807) is 27.7 Å². The number of rotatable bonds is 5. The van der Waals surface area contributed by atoms with Gasteiger partial charge in [0.25, 0.3) is 0 Å². The van der Waals surface area contributed by atoms with Gasteiger partial charge in [-0.25, -0.2) is 9.78 Å². The molecule has 0 saturated heterocycles. The number of hydrogen-bond acceptors (Lipinski definition) is 5. The van der Waals surface area contributed by atoms with E-state index in [0.717, 1.165) is 12.3 Å². The first-order valence-electron chi connectivity index (χ1n) is 7.95. The molecule has 3 N–H and O–H groups in total. The van der Waals surface area contributed by atoms with Crippen LogP contribution in [0.2, 0.25) is 0 Å². The summed E-state index contributed by atoms with van der Waals surface area (Å²) < 4.78 is 43.4. The summed E-state index contributed by atoms with van der Waals surface area (Å²) in [5.41, 5.74) is -1.66. The Hall–Kier alpha value is -2.52. The second kappa shape index (κ2) is 8.24. The number of hydrogen-bond donors (Lipinski definition) is 3. The molecular formula is C16H23F3N4O3. The summed E-state index contributed by atoms with van der Waals surface area (Å²) in [5, 5.41) is 7.53. The van der Waals surface area contributed by atoms with Gasteiger partial charge in [0.2, 0.25) is 5.91 Å². The zero-order valence-electron chi connectivity index (χ0n) is 15.2. The summed E-state index contributed by atoms with van der Waals surface area (Å²) in [4.78, 5) is 27.2. The molecule has 26 heavy (non-hydrogen) atoms. The van der Waals surface area contributed by atoms with Crippen molar-refractivity contribution in [3.8, 4) is 0 Å². The minimum Gasteiger partial charge on any atom is -0.444 e. The topological polar surface area (TPSA) is 92.4 Å². The average Bonchev–Trinajstić information content (AvgIpc) is 2.45. The van der Waals surface area contributed by atoms with Gasteiger partial charge in [-0.15, -0.1) is 0 Å². The van der Waals surface area contributed by atoms with Crippen molar-refractivity contribution in [3.05, 3.63) is 18.0 Å². The minimum absolute atomic E-state index is 0.0719. The molecule has 1 aromatic heterocycles. The van der Waals surface area contributed by atoms with Crippen LogP contribution in [-0.4, -0.2) is 35.2 Å². The number of carbonyl (C=O) groups is 2. The lowest BCUT2D eigenvalue weighted by Crippen LogP contribution is -2.44. The molecule has 1 aromatic rings. The van der Waals surface area contributed by atoms with E-state index in [0.29, 0.717) is 6.54 Å². The van der Waals surface area contributed by atoms with E-state index in [1.165, 1.54) is 6.92 Å². The number of halogens is 3. The standard InChI is InChI=1S/C16H23F3N4O3/c1-6-20-10-7-12(16(17,18)19)21-8-11(10)23-13(24)9(2)22-14(25)26-15(3,4)5/h7-9H,6H2,1-5H3,(H,20,21)(H,22,25)(H,23,24)/t9-/m1/s1. The second-order valence-corrected chi connectivity index (χ2v) is 6.50. The van der Waals surface area contributed by atoms with Crippen LogP contribution in [0.1, 0.15) is 40.3 Å². The number of ether oxygens (including phenoxy) is 1. The predicted octanol–water partition coefficient (Wildman–Crippen LogP) is 3.38. The molecule has 0 aromatic carbocycles. The van der Waals surface area contributed by atoms with Gasteiger partial charge in [0.1, 0.15) is 17.3 Å². The van der Waals surface area contributed by atoms with E-state index in [-0.39, 0.29) is 11.4 Å². The third-order valence-electron chi connectivity index (χ3n) is 2.95. The summed E-state index contributed by atoms with van der Waals surface area (Å²) in [7, 11) is 0. The largest absolute Gasteiger partial charge is 0.444 e. The summed E-state index contributed by atoms with van der Waals surface area (Å²) >= 11 is 0. The van der Waals surface area contributed by atoms with Crippen molar-refractivity contribution in [3.63, 3.8) is 0 Å². The highest BCUT2D eigenvalue weighted by molar-refractivity contribution is 5.98. The number of nitrogens with one attached hydrogen (secondary N) is 3.